The summed E-state index contributed by atoms with van der Waals surface area (Å²) in [5.74, 6) is 0. The van der Waals surface area contributed by atoms with Gasteiger partial charge in [-0.3, -0.25) is 0 Å². The largest absolute Gasteiger partial charge is 0.0654 e. The SMILES string of the molecule is CCCCCCCC1=Cc2ccccc2C1. The molecule has 16 heavy (non-hydrogen) atoms. The second-order valence-corrected chi connectivity index (χ2v) is 4.84. The van der Waals surface area contributed by atoms with Crippen molar-refractivity contribution in [1.82, 2.24) is 0 Å². The van der Waals surface area contributed by atoms with E-state index in [1.165, 1.54) is 56.1 Å². The van der Waals surface area contributed by atoms with Crippen LogP contribution in [-0.4, -0.2) is 0 Å². The monoisotopic (exact) mass is 214 g/mol. The van der Waals surface area contributed by atoms with Gasteiger partial charge >= 0.3 is 0 Å². The molecule has 1 aliphatic carbocycles. The maximum Gasteiger partial charge on any atom is -0.00578 e. The summed E-state index contributed by atoms with van der Waals surface area (Å²) in [6.07, 6.45) is 11.8. The molecule has 0 saturated carbocycles. The van der Waals surface area contributed by atoms with E-state index in [1.807, 2.05) is 0 Å². The van der Waals surface area contributed by atoms with Crippen molar-refractivity contribution in [3.8, 4) is 0 Å². The minimum atomic E-state index is 1.20. The fraction of sp³-hybridized carbons (Fsp3) is 0.500. The maximum absolute atomic E-state index is 2.40. The summed E-state index contributed by atoms with van der Waals surface area (Å²) >= 11 is 0. The molecule has 0 N–H and O–H groups in total. The quantitative estimate of drug-likeness (QED) is 0.585. The minimum absolute atomic E-state index is 1.20. The maximum atomic E-state index is 2.40. The van der Waals surface area contributed by atoms with Crippen molar-refractivity contribution in [1.29, 1.82) is 0 Å². The molecule has 1 aromatic carbocycles. The van der Waals surface area contributed by atoms with Gasteiger partial charge in [-0.05, 0) is 30.4 Å². The van der Waals surface area contributed by atoms with Crippen molar-refractivity contribution in [3.63, 3.8) is 0 Å². The van der Waals surface area contributed by atoms with E-state index in [4.69, 9.17) is 0 Å². The zero-order valence-electron chi connectivity index (χ0n) is 10.3. The first kappa shape index (κ1) is 11.4. The lowest BCUT2D eigenvalue weighted by Gasteiger charge is -2.02. The Balaban J connectivity index is 1.74. The highest BCUT2D eigenvalue weighted by atomic mass is 14.2. The molecule has 2 rings (SSSR count). The molecule has 0 saturated heterocycles. The van der Waals surface area contributed by atoms with Gasteiger partial charge in [0.05, 0.1) is 0 Å². The molecule has 0 atom stereocenters. The number of benzene rings is 1. The van der Waals surface area contributed by atoms with Crippen LogP contribution in [0.1, 0.15) is 56.6 Å². The van der Waals surface area contributed by atoms with Gasteiger partial charge in [-0.1, -0.05) is 68.5 Å². The highest BCUT2D eigenvalue weighted by Crippen LogP contribution is 2.27. The molecule has 0 aromatic heterocycles. The summed E-state index contributed by atoms with van der Waals surface area (Å²) in [5.41, 5.74) is 4.61. The third kappa shape index (κ3) is 2.98. The first-order valence-electron chi connectivity index (χ1n) is 6.67. The lowest BCUT2D eigenvalue weighted by Crippen LogP contribution is -1.85. The van der Waals surface area contributed by atoms with Crippen molar-refractivity contribution >= 4 is 6.08 Å². The Hall–Kier alpha value is -1.04. The molecular weight excluding hydrogens is 192 g/mol. The van der Waals surface area contributed by atoms with Crippen LogP contribution in [0, 0.1) is 0 Å². The fourth-order valence-corrected chi connectivity index (χ4v) is 2.47. The Morgan fingerprint density at radius 3 is 2.62 bits per heavy atom. The first-order chi connectivity index (χ1) is 7.90. The summed E-state index contributed by atoms with van der Waals surface area (Å²) in [5, 5.41) is 0. The Labute approximate surface area is 99.4 Å². The van der Waals surface area contributed by atoms with E-state index in [0.717, 1.165) is 0 Å². The Bertz CT molecular complexity index is 360. The molecule has 0 fully saturated rings. The summed E-state index contributed by atoms with van der Waals surface area (Å²) in [6, 6.07) is 8.78. The number of hydrogen-bond acceptors (Lipinski definition) is 0. The van der Waals surface area contributed by atoms with Gasteiger partial charge in [0, 0.05) is 0 Å². The predicted octanol–water partition coefficient (Wildman–Crippen LogP) is 4.99. The molecule has 0 heteroatoms. The van der Waals surface area contributed by atoms with Crippen molar-refractivity contribution in [3.05, 3.63) is 41.0 Å². The van der Waals surface area contributed by atoms with Crippen LogP contribution >= 0.6 is 0 Å². The summed E-state index contributed by atoms with van der Waals surface area (Å²) in [7, 11) is 0. The van der Waals surface area contributed by atoms with Crippen molar-refractivity contribution in [2.24, 2.45) is 0 Å². The standard InChI is InChI=1S/C16H22/c1-2-3-4-5-6-9-14-12-15-10-7-8-11-16(15)13-14/h7-8,10-12H,2-6,9,13H2,1H3. The molecule has 86 valence electrons. The van der Waals surface area contributed by atoms with E-state index in [0.29, 0.717) is 0 Å². The van der Waals surface area contributed by atoms with Crippen molar-refractivity contribution in [2.75, 3.05) is 0 Å². The molecule has 1 aliphatic rings. The van der Waals surface area contributed by atoms with E-state index < -0.39 is 0 Å². The van der Waals surface area contributed by atoms with Crippen LogP contribution in [0.5, 0.6) is 0 Å². The second-order valence-electron chi connectivity index (χ2n) is 4.84. The molecule has 0 aliphatic heterocycles. The summed E-state index contributed by atoms with van der Waals surface area (Å²) in [4.78, 5) is 0. The van der Waals surface area contributed by atoms with E-state index in [-0.39, 0.29) is 0 Å². The second kappa shape index (κ2) is 5.89. The van der Waals surface area contributed by atoms with Crippen molar-refractivity contribution in [2.45, 2.75) is 51.9 Å². The minimum Gasteiger partial charge on any atom is -0.0654 e. The third-order valence-corrected chi connectivity index (χ3v) is 3.43. The van der Waals surface area contributed by atoms with Crippen LogP contribution in [0.2, 0.25) is 0 Å². The van der Waals surface area contributed by atoms with E-state index >= 15 is 0 Å². The van der Waals surface area contributed by atoms with Gasteiger partial charge in [0.1, 0.15) is 0 Å². The molecule has 0 spiro atoms. The average Bonchev–Trinajstić information content (AvgIpc) is 2.71. The lowest BCUT2D eigenvalue weighted by molar-refractivity contribution is 0.629. The van der Waals surface area contributed by atoms with Crippen LogP contribution in [0.4, 0.5) is 0 Å². The third-order valence-electron chi connectivity index (χ3n) is 3.43. The number of fused-ring (bicyclic) bond motifs is 1. The van der Waals surface area contributed by atoms with Crippen LogP contribution in [-0.2, 0) is 6.42 Å². The molecule has 0 heterocycles. The molecule has 0 bridgehead atoms. The first-order valence-corrected chi connectivity index (χ1v) is 6.67. The highest BCUT2D eigenvalue weighted by Gasteiger charge is 2.10. The smallest absolute Gasteiger partial charge is 0.00578 e. The summed E-state index contributed by atoms with van der Waals surface area (Å²) in [6.45, 7) is 2.27. The van der Waals surface area contributed by atoms with Crippen LogP contribution in [0.15, 0.2) is 29.8 Å². The van der Waals surface area contributed by atoms with Crippen LogP contribution in [0.25, 0.3) is 6.08 Å². The Morgan fingerprint density at radius 1 is 1.00 bits per heavy atom. The molecule has 0 radical (unpaired) electrons. The summed E-state index contributed by atoms with van der Waals surface area (Å²) < 4.78 is 0. The number of hydrogen-bond donors (Lipinski definition) is 0. The number of unbranched alkanes of at least 4 members (excludes halogenated alkanes) is 4. The van der Waals surface area contributed by atoms with Gasteiger partial charge in [-0.25, -0.2) is 0 Å². The van der Waals surface area contributed by atoms with Crippen LogP contribution < -0.4 is 0 Å². The molecule has 1 aromatic rings. The molecular formula is C16H22. The number of allylic oxidation sites excluding steroid dienone is 1. The van der Waals surface area contributed by atoms with E-state index in [2.05, 4.69) is 37.3 Å². The van der Waals surface area contributed by atoms with E-state index in [9.17, 15) is 0 Å². The zero-order valence-corrected chi connectivity index (χ0v) is 10.3. The van der Waals surface area contributed by atoms with Crippen LogP contribution in [0.3, 0.4) is 0 Å². The van der Waals surface area contributed by atoms with Gasteiger partial charge in [-0.15, -0.1) is 0 Å². The van der Waals surface area contributed by atoms with Gasteiger partial charge < -0.3 is 0 Å². The predicted molar refractivity (Wildman–Crippen MR) is 71.5 cm³/mol. The zero-order chi connectivity index (χ0) is 11.2. The van der Waals surface area contributed by atoms with E-state index in [1.54, 1.807) is 5.57 Å². The average molecular weight is 214 g/mol. The Kier molecular flexibility index (Phi) is 4.21. The van der Waals surface area contributed by atoms with Gasteiger partial charge in [0.2, 0.25) is 0 Å². The van der Waals surface area contributed by atoms with Gasteiger partial charge in [0.15, 0.2) is 0 Å². The van der Waals surface area contributed by atoms with Gasteiger partial charge in [-0.2, -0.15) is 0 Å². The molecule has 0 nitrogen and oxygen atoms in total. The highest BCUT2D eigenvalue weighted by molar-refractivity contribution is 5.63. The lowest BCUT2D eigenvalue weighted by atomic mass is 10.0. The normalized spacial score (nSPS) is 13.7. The van der Waals surface area contributed by atoms with Crippen molar-refractivity contribution < 1.29 is 0 Å². The number of rotatable bonds is 6. The molecule has 0 amide bonds. The van der Waals surface area contributed by atoms with Gasteiger partial charge in [0.25, 0.3) is 0 Å². The molecule has 0 unspecified atom stereocenters. The topological polar surface area (TPSA) is 0 Å². The Morgan fingerprint density at radius 2 is 1.81 bits per heavy atom. The fourth-order valence-electron chi connectivity index (χ4n) is 2.47.